The van der Waals surface area contributed by atoms with Crippen LogP contribution < -0.4 is 16.0 Å². The third-order valence-electron chi connectivity index (χ3n) is 9.45. The van der Waals surface area contributed by atoms with Gasteiger partial charge < -0.3 is 35.2 Å². The first-order valence-electron chi connectivity index (χ1n) is 17.7. The van der Waals surface area contributed by atoms with E-state index in [2.05, 4.69) is 16.0 Å². The number of carbonyl (C=O) groups is 6. The highest BCUT2D eigenvalue weighted by Gasteiger charge is 2.50. The molecule has 51 heavy (non-hydrogen) atoms. The number of esters is 2. The van der Waals surface area contributed by atoms with Crippen molar-refractivity contribution in [3.05, 3.63) is 71.8 Å². The van der Waals surface area contributed by atoms with Gasteiger partial charge in [0.05, 0.1) is 13.0 Å². The molecule has 0 unspecified atom stereocenters. The molecule has 13 nitrogen and oxygen atoms in total. The average molecular weight is 704 g/mol. The van der Waals surface area contributed by atoms with Gasteiger partial charge in [-0.15, -0.1) is 0 Å². The molecule has 0 aromatic heterocycles. The molecule has 13 heteroatoms. The van der Waals surface area contributed by atoms with E-state index in [9.17, 15) is 28.8 Å². The summed E-state index contributed by atoms with van der Waals surface area (Å²) in [7, 11) is 1.25. The Morgan fingerprint density at radius 3 is 1.94 bits per heavy atom. The van der Waals surface area contributed by atoms with Crippen LogP contribution in [0.2, 0.25) is 0 Å². The normalized spacial score (nSPS) is 22.4. The lowest BCUT2D eigenvalue weighted by Gasteiger charge is -2.28. The number of ether oxygens (including phenoxy) is 2. The average Bonchev–Trinajstić information content (AvgIpc) is 3.45. The van der Waals surface area contributed by atoms with Crippen LogP contribution in [0.1, 0.15) is 64.0 Å². The van der Waals surface area contributed by atoms with Gasteiger partial charge in [-0.1, -0.05) is 60.7 Å². The van der Waals surface area contributed by atoms with Gasteiger partial charge in [-0.2, -0.15) is 0 Å². The molecular formula is C38H49N5O8. The second-order valence-electron chi connectivity index (χ2n) is 14.5. The molecule has 2 heterocycles. The van der Waals surface area contributed by atoms with Crippen LogP contribution in [0.3, 0.4) is 0 Å². The van der Waals surface area contributed by atoms with Gasteiger partial charge in [-0.05, 0) is 64.0 Å². The van der Waals surface area contributed by atoms with E-state index >= 15 is 0 Å². The van der Waals surface area contributed by atoms with E-state index in [-0.39, 0.29) is 18.7 Å². The van der Waals surface area contributed by atoms with E-state index < -0.39 is 71.5 Å². The van der Waals surface area contributed by atoms with E-state index in [0.717, 1.165) is 11.1 Å². The number of nitrogens with one attached hydrogen (secondary N) is 3. The van der Waals surface area contributed by atoms with Gasteiger partial charge >= 0.3 is 18.0 Å². The van der Waals surface area contributed by atoms with Crippen molar-refractivity contribution in [2.45, 2.75) is 102 Å². The van der Waals surface area contributed by atoms with Crippen LogP contribution >= 0.6 is 0 Å². The molecule has 274 valence electrons. The number of carbonyl (C=O) groups excluding carboxylic acids is 6. The predicted molar refractivity (Wildman–Crippen MR) is 187 cm³/mol. The number of rotatable bonds is 12. The lowest BCUT2D eigenvalue weighted by Crippen LogP contribution is -2.57. The minimum atomic E-state index is -1.04. The first-order chi connectivity index (χ1) is 24.3. The largest absolute Gasteiger partial charge is 0.467 e. The SMILES string of the molecule is COC(=O)[C@H](Cc1ccccc1)NC(=O)[C@H](Cc1ccccc1)NC(=O)[C@@H]1CCCN1C(=O)N[C@H]1C[C@H]1C(=O)N1CCC[C@H]1C(=O)OC(C)(C)C. The summed E-state index contributed by atoms with van der Waals surface area (Å²) in [5.41, 5.74) is 0.961. The van der Waals surface area contributed by atoms with Crippen molar-refractivity contribution < 1.29 is 38.2 Å². The fourth-order valence-electron chi connectivity index (χ4n) is 6.79. The molecule has 6 atom stereocenters. The Bertz CT molecular complexity index is 1580. The number of methoxy groups -OCH3 is 1. The van der Waals surface area contributed by atoms with Gasteiger partial charge in [-0.3, -0.25) is 14.4 Å². The molecule has 3 aliphatic rings. The Morgan fingerprint density at radius 2 is 1.35 bits per heavy atom. The molecular weight excluding hydrogens is 654 g/mol. The second kappa shape index (κ2) is 16.4. The van der Waals surface area contributed by atoms with Crippen molar-refractivity contribution in [1.82, 2.24) is 25.8 Å². The molecule has 3 N–H and O–H groups in total. The summed E-state index contributed by atoms with van der Waals surface area (Å²) in [6.45, 7) is 6.15. The van der Waals surface area contributed by atoms with Crippen LogP contribution in [-0.4, -0.2) is 102 Å². The standard InChI is InChI=1S/C38H49N5O8/c1-38(2,3)51-36(48)31-18-12-19-42(31)34(46)26-23-27(26)41-37(49)43-20-11-17-30(43)33(45)39-28(21-24-13-7-5-8-14-24)32(44)40-29(35(47)50-4)22-25-15-9-6-10-16-25/h5-10,13-16,26-31H,11-12,17-23H2,1-4H3,(H,39,45)(H,40,44)(H,41,49)/t26-,27+,28+,29+,30+,31+/m1/s1. The summed E-state index contributed by atoms with van der Waals surface area (Å²) in [5.74, 6) is -2.72. The lowest BCUT2D eigenvalue weighted by molar-refractivity contribution is -0.163. The molecule has 1 saturated carbocycles. The van der Waals surface area contributed by atoms with Gasteiger partial charge in [0.2, 0.25) is 17.7 Å². The van der Waals surface area contributed by atoms with Crippen LogP contribution in [0.25, 0.3) is 0 Å². The van der Waals surface area contributed by atoms with Crippen LogP contribution in [0, 0.1) is 5.92 Å². The highest BCUT2D eigenvalue weighted by atomic mass is 16.6. The van der Waals surface area contributed by atoms with Crippen LogP contribution in [0.4, 0.5) is 4.79 Å². The van der Waals surface area contributed by atoms with Gasteiger partial charge in [0.1, 0.15) is 29.8 Å². The maximum Gasteiger partial charge on any atom is 0.329 e. The molecule has 1 aliphatic carbocycles. The summed E-state index contributed by atoms with van der Waals surface area (Å²) < 4.78 is 10.5. The maximum absolute atomic E-state index is 13.8. The number of urea groups is 1. The molecule has 0 bridgehead atoms. The fourth-order valence-corrected chi connectivity index (χ4v) is 6.79. The zero-order valence-corrected chi connectivity index (χ0v) is 29.8. The zero-order valence-electron chi connectivity index (χ0n) is 29.8. The molecule has 2 aliphatic heterocycles. The quantitative estimate of drug-likeness (QED) is 0.284. The van der Waals surface area contributed by atoms with E-state index in [0.29, 0.717) is 45.2 Å². The first-order valence-corrected chi connectivity index (χ1v) is 17.7. The van der Waals surface area contributed by atoms with Gasteiger partial charge in [0, 0.05) is 32.0 Å². The molecule has 2 aromatic carbocycles. The molecule has 2 saturated heterocycles. The maximum atomic E-state index is 13.8. The minimum absolute atomic E-state index is 0.156. The lowest BCUT2D eigenvalue weighted by atomic mass is 10.0. The van der Waals surface area contributed by atoms with E-state index in [1.54, 1.807) is 25.7 Å². The van der Waals surface area contributed by atoms with Crippen LogP contribution in [0.15, 0.2) is 60.7 Å². The van der Waals surface area contributed by atoms with E-state index in [4.69, 9.17) is 9.47 Å². The topological polar surface area (TPSA) is 163 Å². The van der Waals surface area contributed by atoms with Crippen molar-refractivity contribution in [3.63, 3.8) is 0 Å². The number of nitrogens with zero attached hydrogens (tertiary/aromatic N) is 2. The van der Waals surface area contributed by atoms with Crippen molar-refractivity contribution in [2.75, 3.05) is 20.2 Å². The smallest absolute Gasteiger partial charge is 0.329 e. The molecule has 5 rings (SSSR count). The number of amides is 5. The summed E-state index contributed by atoms with van der Waals surface area (Å²) in [6, 6.07) is 14.0. The molecule has 2 aromatic rings. The Balaban J connectivity index is 1.21. The van der Waals surface area contributed by atoms with Crippen molar-refractivity contribution >= 4 is 35.7 Å². The fraction of sp³-hybridized carbons (Fsp3) is 0.526. The monoisotopic (exact) mass is 703 g/mol. The summed E-state index contributed by atoms with van der Waals surface area (Å²) >= 11 is 0. The van der Waals surface area contributed by atoms with Crippen LogP contribution in [-0.2, 0) is 46.3 Å². The third kappa shape index (κ3) is 9.86. The zero-order chi connectivity index (χ0) is 36.7. The Kier molecular flexibility index (Phi) is 12.0. The highest BCUT2D eigenvalue weighted by molar-refractivity contribution is 5.94. The Labute approximate surface area is 298 Å². The first kappa shape index (κ1) is 37.3. The van der Waals surface area contributed by atoms with Gasteiger partial charge in [-0.25, -0.2) is 14.4 Å². The van der Waals surface area contributed by atoms with E-state index in [1.165, 1.54) is 12.0 Å². The van der Waals surface area contributed by atoms with Crippen molar-refractivity contribution in [3.8, 4) is 0 Å². The third-order valence-corrected chi connectivity index (χ3v) is 9.45. The molecule has 3 fully saturated rings. The summed E-state index contributed by atoms with van der Waals surface area (Å²) in [6.07, 6.45) is 3.01. The Hall–Kier alpha value is -4.94. The highest BCUT2D eigenvalue weighted by Crippen LogP contribution is 2.35. The van der Waals surface area contributed by atoms with Gasteiger partial charge in [0.15, 0.2) is 0 Å². The second-order valence-corrected chi connectivity index (χ2v) is 14.5. The predicted octanol–water partition coefficient (Wildman–Crippen LogP) is 2.51. The van der Waals surface area contributed by atoms with Crippen molar-refractivity contribution in [2.24, 2.45) is 5.92 Å². The summed E-state index contributed by atoms with van der Waals surface area (Å²) in [5, 5.41) is 8.54. The molecule has 0 spiro atoms. The number of likely N-dealkylation sites (tertiary alicyclic amines) is 2. The van der Waals surface area contributed by atoms with Crippen molar-refractivity contribution in [1.29, 1.82) is 0 Å². The number of hydrogen-bond donors (Lipinski definition) is 3. The van der Waals surface area contributed by atoms with E-state index in [1.807, 2.05) is 60.7 Å². The number of benzene rings is 2. The summed E-state index contributed by atoms with van der Waals surface area (Å²) in [4.78, 5) is 82.8. The Morgan fingerprint density at radius 1 is 0.784 bits per heavy atom. The molecule has 5 amide bonds. The van der Waals surface area contributed by atoms with Gasteiger partial charge in [0.25, 0.3) is 0 Å². The molecule has 0 radical (unpaired) electrons. The number of hydrogen-bond acceptors (Lipinski definition) is 8. The minimum Gasteiger partial charge on any atom is -0.467 e. The van der Waals surface area contributed by atoms with Crippen LogP contribution in [0.5, 0.6) is 0 Å².